The van der Waals surface area contributed by atoms with Gasteiger partial charge in [0.1, 0.15) is 5.76 Å². The molecule has 0 N–H and O–H groups in total. The minimum absolute atomic E-state index is 0.213. The number of aromatic nitrogens is 1. The monoisotopic (exact) mass is 294 g/mol. The van der Waals surface area contributed by atoms with Crippen molar-refractivity contribution in [3.8, 4) is 0 Å². The molecular weight excluding hydrogens is 268 g/mol. The molecule has 0 radical (unpaired) electrons. The van der Waals surface area contributed by atoms with Crippen LogP contribution in [0.3, 0.4) is 0 Å². The first-order valence-corrected chi connectivity index (χ1v) is 8.03. The van der Waals surface area contributed by atoms with Crippen molar-refractivity contribution in [2.45, 2.75) is 58.4 Å². The summed E-state index contributed by atoms with van der Waals surface area (Å²) in [5.74, 6) is 1.45. The molecule has 2 heterocycles. The lowest BCUT2D eigenvalue weighted by Gasteiger charge is -2.38. The molecule has 1 aliphatic carbocycles. The number of hydrogen-bond donors (Lipinski definition) is 0. The van der Waals surface area contributed by atoms with Crippen LogP contribution in [-0.4, -0.2) is 48.1 Å². The van der Waals surface area contributed by atoms with Crippen molar-refractivity contribution in [1.82, 2.24) is 10.1 Å². The molecule has 2 fully saturated rings. The molecule has 0 bridgehead atoms. The zero-order valence-corrected chi connectivity index (χ0v) is 13.2. The van der Waals surface area contributed by atoms with Crippen LogP contribution in [0.1, 0.15) is 38.1 Å². The van der Waals surface area contributed by atoms with Crippen molar-refractivity contribution in [3.63, 3.8) is 0 Å². The van der Waals surface area contributed by atoms with Crippen LogP contribution in [0.5, 0.6) is 0 Å². The summed E-state index contributed by atoms with van der Waals surface area (Å²) in [6.07, 6.45) is 2.70. The van der Waals surface area contributed by atoms with Crippen molar-refractivity contribution >= 4 is 0 Å². The summed E-state index contributed by atoms with van der Waals surface area (Å²) >= 11 is 0. The van der Waals surface area contributed by atoms with Gasteiger partial charge in [-0.2, -0.15) is 0 Å². The highest BCUT2D eigenvalue weighted by molar-refractivity contribution is 5.05. The molecule has 1 aromatic rings. The highest BCUT2D eigenvalue weighted by Crippen LogP contribution is 2.33. The smallest absolute Gasteiger partial charge is 0.133 e. The first-order chi connectivity index (χ1) is 10.1. The summed E-state index contributed by atoms with van der Waals surface area (Å²) in [4.78, 5) is 2.48. The Labute approximate surface area is 126 Å². The number of ether oxygens (including phenoxy) is 2. The van der Waals surface area contributed by atoms with Crippen LogP contribution < -0.4 is 0 Å². The Bertz CT molecular complexity index is 460. The molecule has 0 aromatic carbocycles. The number of hydrogen-bond acceptors (Lipinski definition) is 5. The van der Waals surface area contributed by atoms with Crippen molar-refractivity contribution < 1.29 is 14.0 Å². The van der Waals surface area contributed by atoms with Gasteiger partial charge in [-0.15, -0.1) is 0 Å². The minimum Gasteiger partial charge on any atom is -0.375 e. The maximum absolute atomic E-state index is 6.05. The summed E-state index contributed by atoms with van der Waals surface area (Å²) in [5.41, 5.74) is 1.01. The lowest BCUT2D eigenvalue weighted by molar-refractivity contribution is -0.118. The second kappa shape index (κ2) is 6.46. The second-order valence-electron chi connectivity index (χ2n) is 6.65. The number of rotatable bonds is 5. The van der Waals surface area contributed by atoms with Crippen LogP contribution in [0.25, 0.3) is 0 Å². The average molecular weight is 294 g/mol. The maximum atomic E-state index is 6.05. The molecule has 2 aliphatic rings. The third-order valence-corrected chi connectivity index (χ3v) is 4.34. The van der Waals surface area contributed by atoms with E-state index in [0.29, 0.717) is 12.0 Å². The van der Waals surface area contributed by atoms with Crippen molar-refractivity contribution in [3.05, 3.63) is 17.5 Å². The van der Waals surface area contributed by atoms with Crippen LogP contribution in [0.15, 0.2) is 10.6 Å². The van der Waals surface area contributed by atoms with Crippen molar-refractivity contribution in [2.75, 3.05) is 19.8 Å². The van der Waals surface area contributed by atoms with Crippen molar-refractivity contribution in [2.24, 2.45) is 5.92 Å². The Morgan fingerprint density at radius 3 is 3.00 bits per heavy atom. The van der Waals surface area contributed by atoms with Gasteiger partial charge in [0.2, 0.25) is 0 Å². The van der Waals surface area contributed by atoms with Gasteiger partial charge in [0.25, 0.3) is 0 Å². The quantitative estimate of drug-likeness (QED) is 0.834. The fraction of sp³-hybridized carbons (Fsp3) is 0.812. The average Bonchev–Trinajstić information content (AvgIpc) is 3.04. The number of nitrogens with zero attached hydrogens (tertiary/aromatic N) is 2. The first-order valence-electron chi connectivity index (χ1n) is 8.03. The fourth-order valence-corrected chi connectivity index (χ4v) is 3.38. The van der Waals surface area contributed by atoms with E-state index in [1.165, 1.54) is 0 Å². The third kappa shape index (κ3) is 3.47. The molecule has 1 aliphatic heterocycles. The molecule has 1 aromatic heterocycles. The maximum Gasteiger partial charge on any atom is 0.133 e. The van der Waals surface area contributed by atoms with Crippen LogP contribution >= 0.6 is 0 Å². The molecule has 0 unspecified atom stereocenters. The molecule has 5 nitrogen and oxygen atoms in total. The van der Waals surface area contributed by atoms with E-state index in [0.717, 1.165) is 50.6 Å². The van der Waals surface area contributed by atoms with Gasteiger partial charge in [-0.05, 0) is 25.7 Å². The Kier molecular flexibility index (Phi) is 4.62. The largest absolute Gasteiger partial charge is 0.375 e. The fourth-order valence-electron chi connectivity index (χ4n) is 3.38. The summed E-state index contributed by atoms with van der Waals surface area (Å²) in [7, 11) is 0. The molecule has 21 heavy (non-hydrogen) atoms. The molecular formula is C16H26N2O3. The summed E-state index contributed by atoms with van der Waals surface area (Å²) < 4.78 is 17.2. The van der Waals surface area contributed by atoms with Gasteiger partial charge in [-0.3, -0.25) is 4.90 Å². The Balaban J connectivity index is 1.60. The SMILES string of the molecule is Cc1cc(CN2CCO[C@@H]3[C@H]2CC[C@H]3OCC(C)C)no1. The summed E-state index contributed by atoms with van der Waals surface area (Å²) in [5, 5.41) is 4.11. The van der Waals surface area contributed by atoms with Gasteiger partial charge in [0, 0.05) is 31.8 Å². The van der Waals surface area contributed by atoms with E-state index in [1.54, 1.807) is 0 Å². The topological polar surface area (TPSA) is 47.7 Å². The van der Waals surface area contributed by atoms with E-state index in [9.17, 15) is 0 Å². The highest BCUT2D eigenvalue weighted by atomic mass is 16.5. The Hall–Kier alpha value is -0.910. The molecule has 1 saturated carbocycles. The van der Waals surface area contributed by atoms with Crippen molar-refractivity contribution in [1.29, 1.82) is 0 Å². The zero-order chi connectivity index (χ0) is 14.8. The van der Waals surface area contributed by atoms with E-state index in [2.05, 4.69) is 23.9 Å². The first kappa shape index (κ1) is 15.0. The third-order valence-electron chi connectivity index (χ3n) is 4.34. The number of fused-ring (bicyclic) bond motifs is 1. The van der Waals surface area contributed by atoms with E-state index >= 15 is 0 Å². The van der Waals surface area contributed by atoms with Crippen LogP contribution in [0, 0.1) is 12.8 Å². The zero-order valence-electron chi connectivity index (χ0n) is 13.2. The Morgan fingerprint density at radius 1 is 1.43 bits per heavy atom. The molecule has 1 saturated heterocycles. The van der Waals surface area contributed by atoms with Crippen LogP contribution in [0.4, 0.5) is 0 Å². The normalized spacial score (nSPS) is 30.0. The van der Waals surface area contributed by atoms with E-state index in [1.807, 2.05) is 13.0 Å². The predicted octanol–water partition coefficient (Wildman–Crippen LogP) is 2.39. The molecule has 3 atom stereocenters. The summed E-state index contributed by atoms with van der Waals surface area (Å²) in [6, 6.07) is 2.47. The molecule has 0 amide bonds. The molecule has 3 rings (SSSR count). The molecule has 0 spiro atoms. The number of morpholine rings is 1. The Morgan fingerprint density at radius 2 is 2.29 bits per heavy atom. The lowest BCUT2D eigenvalue weighted by Crippen LogP contribution is -2.51. The standard InChI is InChI=1S/C16H26N2O3/c1-11(2)10-20-15-5-4-14-16(15)19-7-6-18(14)9-13-8-12(3)21-17-13/h8,11,14-16H,4-7,9-10H2,1-3H3/t14-,15-,16-/m1/s1. The summed E-state index contributed by atoms with van der Waals surface area (Å²) in [6.45, 7) is 9.72. The van der Waals surface area contributed by atoms with Gasteiger partial charge in [0.05, 0.1) is 24.5 Å². The lowest BCUT2D eigenvalue weighted by atomic mass is 10.1. The van der Waals surface area contributed by atoms with E-state index in [4.69, 9.17) is 14.0 Å². The second-order valence-corrected chi connectivity index (χ2v) is 6.65. The van der Waals surface area contributed by atoms with Gasteiger partial charge >= 0.3 is 0 Å². The number of aryl methyl sites for hydroxylation is 1. The van der Waals surface area contributed by atoms with Crippen LogP contribution in [0.2, 0.25) is 0 Å². The van der Waals surface area contributed by atoms with E-state index < -0.39 is 0 Å². The molecule has 5 heteroatoms. The van der Waals surface area contributed by atoms with E-state index in [-0.39, 0.29) is 12.2 Å². The highest BCUT2D eigenvalue weighted by Gasteiger charge is 2.43. The minimum atomic E-state index is 0.213. The molecule has 118 valence electrons. The van der Waals surface area contributed by atoms with Gasteiger partial charge in [-0.25, -0.2) is 0 Å². The predicted molar refractivity (Wildman–Crippen MR) is 79.0 cm³/mol. The van der Waals surface area contributed by atoms with Gasteiger partial charge in [0.15, 0.2) is 0 Å². The van der Waals surface area contributed by atoms with Crippen LogP contribution in [-0.2, 0) is 16.0 Å². The van der Waals surface area contributed by atoms with Gasteiger partial charge in [-0.1, -0.05) is 19.0 Å². The van der Waals surface area contributed by atoms with Gasteiger partial charge < -0.3 is 14.0 Å².